The first-order chi connectivity index (χ1) is 7.58. The van der Waals surface area contributed by atoms with E-state index in [1.807, 2.05) is 6.92 Å². The fourth-order valence-corrected chi connectivity index (χ4v) is 2.18. The van der Waals surface area contributed by atoms with Crippen molar-refractivity contribution in [3.05, 3.63) is 40.9 Å². The van der Waals surface area contributed by atoms with Gasteiger partial charge in [-0.2, -0.15) is 0 Å². The van der Waals surface area contributed by atoms with Crippen molar-refractivity contribution < 1.29 is 8.78 Å². The van der Waals surface area contributed by atoms with Crippen LogP contribution in [0.5, 0.6) is 0 Å². The van der Waals surface area contributed by atoms with Crippen LogP contribution in [0.3, 0.4) is 0 Å². The van der Waals surface area contributed by atoms with E-state index in [4.69, 9.17) is 5.73 Å². The third-order valence-electron chi connectivity index (χ3n) is 2.13. The Morgan fingerprint density at radius 3 is 2.69 bits per heavy atom. The highest BCUT2D eigenvalue weighted by Crippen LogP contribution is 2.29. The first-order valence-electron chi connectivity index (χ1n) is 4.74. The second-order valence-corrected chi connectivity index (χ2v) is 4.54. The predicted molar refractivity (Wildman–Crippen MR) is 60.1 cm³/mol. The molecular weight excluding hydrogens is 230 g/mol. The molecule has 2 aromatic rings. The summed E-state index contributed by atoms with van der Waals surface area (Å²) in [4.78, 5) is 4.95. The molecule has 0 bridgehead atoms. The minimum atomic E-state index is -0.606. The van der Waals surface area contributed by atoms with E-state index in [1.54, 1.807) is 6.20 Å². The van der Waals surface area contributed by atoms with Gasteiger partial charge in [0.25, 0.3) is 0 Å². The van der Waals surface area contributed by atoms with E-state index in [9.17, 15) is 8.78 Å². The Bertz CT molecular complexity index is 508. The van der Waals surface area contributed by atoms with E-state index >= 15 is 0 Å². The third-order valence-corrected chi connectivity index (χ3v) is 3.37. The van der Waals surface area contributed by atoms with Crippen molar-refractivity contribution in [2.45, 2.75) is 13.0 Å². The first-order valence-corrected chi connectivity index (χ1v) is 5.56. The third kappa shape index (κ3) is 2.10. The normalized spacial score (nSPS) is 12.8. The fraction of sp³-hybridized carbons (Fsp3) is 0.182. The lowest BCUT2D eigenvalue weighted by atomic mass is 10.2. The number of nitrogens with zero attached hydrogens (tertiary/aromatic N) is 1. The summed E-state index contributed by atoms with van der Waals surface area (Å²) in [7, 11) is 0. The number of nitrogens with two attached hydrogens (primary N) is 1. The van der Waals surface area contributed by atoms with E-state index in [1.165, 1.54) is 23.5 Å². The van der Waals surface area contributed by atoms with E-state index in [2.05, 4.69) is 4.98 Å². The Morgan fingerprint density at radius 2 is 2.12 bits per heavy atom. The highest BCUT2D eigenvalue weighted by atomic mass is 32.1. The van der Waals surface area contributed by atoms with Crippen molar-refractivity contribution in [2.75, 3.05) is 0 Å². The van der Waals surface area contributed by atoms with E-state index in [0.29, 0.717) is 10.6 Å². The molecule has 1 atom stereocenters. The summed E-state index contributed by atoms with van der Waals surface area (Å²) in [6.45, 7) is 1.83. The molecule has 2 N–H and O–H groups in total. The van der Waals surface area contributed by atoms with Gasteiger partial charge < -0.3 is 5.73 Å². The van der Waals surface area contributed by atoms with Crippen molar-refractivity contribution in [2.24, 2.45) is 5.73 Å². The number of hydrogen-bond acceptors (Lipinski definition) is 3. The molecule has 0 spiro atoms. The first kappa shape index (κ1) is 11.2. The summed E-state index contributed by atoms with van der Waals surface area (Å²) < 4.78 is 26.2. The smallest absolute Gasteiger partial charge is 0.136 e. The number of hydrogen-bond donors (Lipinski definition) is 1. The van der Waals surface area contributed by atoms with Crippen LogP contribution < -0.4 is 5.73 Å². The fourth-order valence-electron chi connectivity index (χ4n) is 1.28. The second-order valence-electron chi connectivity index (χ2n) is 3.48. The van der Waals surface area contributed by atoms with Crippen LogP contribution in [0.25, 0.3) is 10.6 Å². The molecule has 5 heteroatoms. The molecule has 2 rings (SSSR count). The molecule has 0 saturated heterocycles. The van der Waals surface area contributed by atoms with Crippen molar-refractivity contribution in [3.8, 4) is 10.6 Å². The molecule has 0 radical (unpaired) electrons. The topological polar surface area (TPSA) is 38.9 Å². The molecule has 0 aliphatic heterocycles. The standard InChI is InChI=1S/C11H10F2N2S/c1-6(14)10-5-15-11(16-10)8-3-2-7(12)4-9(8)13/h2-6H,14H2,1H3. The Kier molecular flexibility index (Phi) is 2.98. The van der Waals surface area contributed by atoms with Gasteiger partial charge in [0.2, 0.25) is 0 Å². The highest BCUT2D eigenvalue weighted by Gasteiger charge is 2.11. The van der Waals surface area contributed by atoms with Gasteiger partial charge in [-0.1, -0.05) is 0 Å². The molecule has 1 unspecified atom stereocenters. The van der Waals surface area contributed by atoms with Gasteiger partial charge in [0.1, 0.15) is 16.6 Å². The molecule has 1 aromatic carbocycles. The highest BCUT2D eigenvalue weighted by molar-refractivity contribution is 7.15. The average Bonchev–Trinajstić information content (AvgIpc) is 2.66. The summed E-state index contributed by atoms with van der Waals surface area (Å²) in [5.74, 6) is -1.20. The molecule has 0 saturated carbocycles. The molecule has 1 heterocycles. The van der Waals surface area contributed by atoms with Crippen LogP contribution in [0.4, 0.5) is 8.78 Å². The van der Waals surface area contributed by atoms with Gasteiger partial charge in [0.05, 0.1) is 0 Å². The molecule has 0 amide bonds. The number of aromatic nitrogens is 1. The predicted octanol–water partition coefficient (Wildman–Crippen LogP) is 3.11. The summed E-state index contributed by atoms with van der Waals surface area (Å²) >= 11 is 1.32. The summed E-state index contributed by atoms with van der Waals surface area (Å²) in [6.07, 6.45) is 1.62. The van der Waals surface area contributed by atoms with Crippen LogP contribution in [0, 0.1) is 11.6 Å². The van der Waals surface area contributed by atoms with Gasteiger partial charge in [-0.25, -0.2) is 13.8 Å². The summed E-state index contributed by atoms with van der Waals surface area (Å²) in [5.41, 5.74) is 5.99. The van der Waals surface area contributed by atoms with Gasteiger partial charge in [-0.3, -0.25) is 0 Å². The minimum Gasteiger partial charge on any atom is -0.323 e. The Morgan fingerprint density at radius 1 is 1.38 bits per heavy atom. The zero-order valence-electron chi connectivity index (χ0n) is 8.58. The molecule has 0 aliphatic rings. The van der Waals surface area contributed by atoms with E-state index in [-0.39, 0.29) is 6.04 Å². The van der Waals surface area contributed by atoms with Gasteiger partial charge in [0, 0.05) is 28.7 Å². The molecule has 2 nitrogen and oxygen atoms in total. The molecular formula is C11H10F2N2S. The zero-order chi connectivity index (χ0) is 11.7. The Labute approximate surface area is 95.7 Å². The number of rotatable bonds is 2. The van der Waals surface area contributed by atoms with Gasteiger partial charge in [-0.05, 0) is 19.1 Å². The monoisotopic (exact) mass is 240 g/mol. The van der Waals surface area contributed by atoms with Crippen LogP contribution in [0.2, 0.25) is 0 Å². The van der Waals surface area contributed by atoms with E-state index < -0.39 is 11.6 Å². The lowest BCUT2D eigenvalue weighted by molar-refractivity contribution is 0.585. The van der Waals surface area contributed by atoms with Gasteiger partial charge in [-0.15, -0.1) is 11.3 Å². The van der Waals surface area contributed by atoms with Crippen molar-refractivity contribution >= 4 is 11.3 Å². The maximum atomic E-state index is 13.4. The van der Waals surface area contributed by atoms with Crippen LogP contribution in [0.1, 0.15) is 17.8 Å². The van der Waals surface area contributed by atoms with Crippen LogP contribution in [0.15, 0.2) is 24.4 Å². The van der Waals surface area contributed by atoms with Crippen LogP contribution in [-0.4, -0.2) is 4.98 Å². The Balaban J connectivity index is 2.42. The summed E-state index contributed by atoms with van der Waals surface area (Å²) in [6, 6.07) is 3.32. The van der Waals surface area contributed by atoms with Gasteiger partial charge in [0.15, 0.2) is 0 Å². The maximum absolute atomic E-state index is 13.4. The van der Waals surface area contributed by atoms with Crippen molar-refractivity contribution in [3.63, 3.8) is 0 Å². The lowest BCUT2D eigenvalue weighted by Gasteiger charge is -1.99. The molecule has 16 heavy (non-hydrogen) atoms. The van der Waals surface area contributed by atoms with Gasteiger partial charge >= 0.3 is 0 Å². The number of benzene rings is 1. The van der Waals surface area contributed by atoms with Crippen LogP contribution in [-0.2, 0) is 0 Å². The quantitative estimate of drug-likeness (QED) is 0.876. The molecule has 0 fully saturated rings. The molecule has 0 aliphatic carbocycles. The molecule has 1 aromatic heterocycles. The number of halogens is 2. The van der Waals surface area contributed by atoms with Crippen molar-refractivity contribution in [1.29, 1.82) is 0 Å². The lowest BCUT2D eigenvalue weighted by Crippen LogP contribution is -2.01. The summed E-state index contributed by atoms with van der Waals surface area (Å²) in [5, 5.41) is 0.518. The van der Waals surface area contributed by atoms with E-state index in [0.717, 1.165) is 10.9 Å². The minimum absolute atomic E-state index is 0.130. The average molecular weight is 240 g/mol. The van der Waals surface area contributed by atoms with Crippen LogP contribution >= 0.6 is 11.3 Å². The zero-order valence-corrected chi connectivity index (χ0v) is 9.39. The second kappa shape index (κ2) is 4.27. The molecule has 84 valence electrons. The number of thiazole rings is 1. The Hall–Kier alpha value is -1.33. The largest absolute Gasteiger partial charge is 0.323 e. The maximum Gasteiger partial charge on any atom is 0.136 e. The van der Waals surface area contributed by atoms with Crippen molar-refractivity contribution in [1.82, 2.24) is 4.98 Å². The SMILES string of the molecule is CC(N)c1cnc(-c2ccc(F)cc2F)s1.